The number of rotatable bonds is 5. The molecule has 1 aromatic rings. The average Bonchev–Trinajstić information content (AvgIpc) is 3.01. The Balaban J connectivity index is 1.92. The molecule has 0 spiro atoms. The van der Waals surface area contributed by atoms with E-state index < -0.39 is 5.92 Å². The summed E-state index contributed by atoms with van der Waals surface area (Å²) >= 11 is 0. The van der Waals surface area contributed by atoms with Crippen LogP contribution in [-0.4, -0.2) is 29.7 Å². The van der Waals surface area contributed by atoms with Gasteiger partial charge in [0.25, 0.3) is 0 Å². The fourth-order valence-electron chi connectivity index (χ4n) is 2.44. The molecule has 2 rings (SSSR count). The lowest BCUT2D eigenvalue weighted by atomic mass is 9.98. The zero-order valence-electron chi connectivity index (χ0n) is 11.4. The number of nitrogens with zero attached hydrogens (tertiary/aromatic N) is 2. The first-order chi connectivity index (χ1) is 9.72. The van der Waals surface area contributed by atoms with Crippen molar-refractivity contribution in [3.8, 4) is 6.07 Å². The van der Waals surface area contributed by atoms with E-state index in [1.54, 1.807) is 4.90 Å². The molecule has 0 N–H and O–H groups in total. The maximum Gasteiger partial charge on any atom is 0.247 e. The van der Waals surface area contributed by atoms with E-state index in [1.807, 2.05) is 36.4 Å². The summed E-state index contributed by atoms with van der Waals surface area (Å²) in [6, 6.07) is 11.5. The summed E-state index contributed by atoms with van der Waals surface area (Å²) in [7, 11) is 0. The van der Waals surface area contributed by atoms with Crippen molar-refractivity contribution in [1.82, 2.24) is 4.90 Å². The zero-order chi connectivity index (χ0) is 14.4. The van der Waals surface area contributed by atoms with Crippen molar-refractivity contribution in [1.29, 1.82) is 5.26 Å². The van der Waals surface area contributed by atoms with Gasteiger partial charge in [0.1, 0.15) is 0 Å². The molecule has 0 aromatic heterocycles. The van der Waals surface area contributed by atoms with E-state index in [-0.39, 0.29) is 18.1 Å². The third-order valence-corrected chi connectivity index (χ3v) is 3.62. The molecule has 1 unspecified atom stereocenters. The quantitative estimate of drug-likeness (QED) is 0.768. The minimum Gasteiger partial charge on any atom is -0.341 e. The summed E-state index contributed by atoms with van der Waals surface area (Å²) in [6.45, 7) is 1.34. The van der Waals surface area contributed by atoms with E-state index in [9.17, 15) is 9.59 Å². The molecule has 20 heavy (non-hydrogen) atoms. The molecule has 1 fully saturated rings. The number of ketones is 1. The molecule has 1 aliphatic heterocycles. The van der Waals surface area contributed by atoms with Crippen molar-refractivity contribution in [2.75, 3.05) is 13.1 Å². The first kappa shape index (κ1) is 14.3. The third-order valence-electron chi connectivity index (χ3n) is 3.62. The lowest BCUT2D eigenvalue weighted by Gasteiger charge is -2.17. The lowest BCUT2D eigenvalue weighted by Crippen LogP contribution is -2.37. The number of benzene rings is 1. The van der Waals surface area contributed by atoms with E-state index >= 15 is 0 Å². The van der Waals surface area contributed by atoms with E-state index in [0.29, 0.717) is 19.5 Å². The van der Waals surface area contributed by atoms with Gasteiger partial charge in [-0.3, -0.25) is 9.59 Å². The van der Waals surface area contributed by atoms with Crippen LogP contribution < -0.4 is 0 Å². The van der Waals surface area contributed by atoms with Crippen LogP contribution in [0, 0.1) is 17.2 Å². The van der Waals surface area contributed by atoms with Gasteiger partial charge in [0, 0.05) is 19.5 Å². The number of amides is 1. The maximum absolute atomic E-state index is 12.1. The summed E-state index contributed by atoms with van der Waals surface area (Å²) in [5.41, 5.74) is 1.05. The summed E-state index contributed by atoms with van der Waals surface area (Å²) < 4.78 is 0. The minimum atomic E-state index is -1.13. The highest BCUT2D eigenvalue weighted by atomic mass is 16.2. The normalized spacial score (nSPS) is 15.7. The van der Waals surface area contributed by atoms with Gasteiger partial charge in [0.2, 0.25) is 5.91 Å². The highest BCUT2D eigenvalue weighted by Crippen LogP contribution is 2.14. The summed E-state index contributed by atoms with van der Waals surface area (Å²) in [4.78, 5) is 25.8. The molecule has 1 heterocycles. The van der Waals surface area contributed by atoms with E-state index in [1.165, 1.54) is 0 Å². The molecule has 0 radical (unpaired) electrons. The van der Waals surface area contributed by atoms with Crippen LogP contribution in [0.25, 0.3) is 0 Å². The number of carbonyl (C=O) groups is 2. The largest absolute Gasteiger partial charge is 0.341 e. The number of Topliss-reactive ketones (excluding diaryl/α,β-unsaturated/α-hetero) is 1. The molecule has 4 heteroatoms. The average molecular weight is 270 g/mol. The van der Waals surface area contributed by atoms with E-state index in [0.717, 1.165) is 18.4 Å². The predicted molar refractivity (Wildman–Crippen MR) is 74.7 cm³/mol. The van der Waals surface area contributed by atoms with Crippen molar-refractivity contribution < 1.29 is 9.59 Å². The van der Waals surface area contributed by atoms with Crippen LogP contribution in [0.4, 0.5) is 0 Å². The highest BCUT2D eigenvalue weighted by molar-refractivity contribution is 6.04. The maximum atomic E-state index is 12.1. The topological polar surface area (TPSA) is 61.2 Å². The number of nitriles is 1. The second-order valence-electron chi connectivity index (χ2n) is 5.05. The Morgan fingerprint density at radius 2 is 1.85 bits per heavy atom. The van der Waals surface area contributed by atoms with Gasteiger partial charge in [-0.25, -0.2) is 0 Å². The van der Waals surface area contributed by atoms with Gasteiger partial charge in [-0.15, -0.1) is 0 Å². The second kappa shape index (κ2) is 6.85. The van der Waals surface area contributed by atoms with E-state index in [4.69, 9.17) is 5.26 Å². The molecule has 4 nitrogen and oxygen atoms in total. The Bertz CT molecular complexity index is 513. The molecule has 0 saturated carbocycles. The van der Waals surface area contributed by atoms with Crippen molar-refractivity contribution in [3.63, 3.8) is 0 Å². The van der Waals surface area contributed by atoms with Gasteiger partial charge in [0.05, 0.1) is 6.07 Å². The first-order valence-corrected chi connectivity index (χ1v) is 6.97. The van der Waals surface area contributed by atoms with Gasteiger partial charge < -0.3 is 4.90 Å². The second-order valence-corrected chi connectivity index (χ2v) is 5.05. The number of aryl methyl sites for hydroxylation is 1. The fraction of sp³-hybridized carbons (Fsp3) is 0.438. The van der Waals surface area contributed by atoms with Crippen LogP contribution in [0.15, 0.2) is 30.3 Å². The Labute approximate surface area is 119 Å². The SMILES string of the molecule is N#CC(C(=O)CCc1ccccc1)C(=O)N1CCCC1. The molecule has 1 atom stereocenters. The molecular weight excluding hydrogens is 252 g/mol. The Morgan fingerprint density at radius 1 is 1.20 bits per heavy atom. The molecule has 0 aliphatic carbocycles. The number of likely N-dealkylation sites (tertiary alicyclic amines) is 1. The van der Waals surface area contributed by atoms with Gasteiger partial charge >= 0.3 is 0 Å². The molecule has 1 amide bonds. The minimum absolute atomic E-state index is 0.238. The highest BCUT2D eigenvalue weighted by Gasteiger charge is 2.31. The van der Waals surface area contributed by atoms with Gasteiger partial charge in [-0.05, 0) is 24.8 Å². The van der Waals surface area contributed by atoms with Crippen LogP contribution in [0.5, 0.6) is 0 Å². The van der Waals surface area contributed by atoms with Gasteiger partial charge in [-0.1, -0.05) is 30.3 Å². The first-order valence-electron chi connectivity index (χ1n) is 6.97. The summed E-state index contributed by atoms with van der Waals surface area (Å²) in [5, 5.41) is 9.11. The Kier molecular flexibility index (Phi) is 4.89. The van der Waals surface area contributed by atoms with Crippen molar-refractivity contribution >= 4 is 11.7 Å². The van der Waals surface area contributed by atoms with Gasteiger partial charge in [0.15, 0.2) is 11.7 Å². The number of carbonyl (C=O) groups excluding carboxylic acids is 2. The molecule has 1 saturated heterocycles. The summed E-state index contributed by atoms with van der Waals surface area (Å²) in [6.07, 6.45) is 2.73. The molecule has 0 bridgehead atoms. The van der Waals surface area contributed by atoms with Crippen LogP contribution in [0.3, 0.4) is 0 Å². The van der Waals surface area contributed by atoms with Crippen molar-refractivity contribution in [2.45, 2.75) is 25.7 Å². The fourth-order valence-corrected chi connectivity index (χ4v) is 2.44. The van der Waals surface area contributed by atoms with Crippen molar-refractivity contribution in [3.05, 3.63) is 35.9 Å². The molecule has 104 valence electrons. The van der Waals surface area contributed by atoms with Crippen LogP contribution in [0.1, 0.15) is 24.8 Å². The predicted octanol–water partition coefficient (Wildman–Crippen LogP) is 1.95. The monoisotopic (exact) mass is 270 g/mol. The number of hydrogen-bond donors (Lipinski definition) is 0. The lowest BCUT2D eigenvalue weighted by molar-refractivity contribution is -0.138. The van der Waals surface area contributed by atoms with E-state index in [2.05, 4.69) is 0 Å². The molecule has 1 aliphatic rings. The zero-order valence-corrected chi connectivity index (χ0v) is 11.4. The van der Waals surface area contributed by atoms with Crippen LogP contribution in [0.2, 0.25) is 0 Å². The molecular formula is C16H18N2O2. The molecule has 1 aromatic carbocycles. The Hall–Kier alpha value is -2.15. The van der Waals surface area contributed by atoms with Crippen molar-refractivity contribution in [2.24, 2.45) is 5.92 Å². The smallest absolute Gasteiger partial charge is 0.247 e. The van der Waals surface area contributed by atoms with Crippen LogP contribution in [-0.2, 0) is 16.0 Å². The Morgan fingerprint density at radius 3 is 2.45 bits per heavy atom. The van der Waals surface area contributed by atoms with Crippen LogP contribution >= 0.6 is 0 Å². The third kappa shape index (κ3) is 3.45. The van der Waals surface area contributed by atoms with Gasteiger partial charge in [-0.2, -0.15) is 5.26 Å². The summed E-state index contributed by atoms with van der Waals surface area (Å²) in [5.74, 6) is -1.71. The standard InChI is InChI=1S/C16H18N2O2/c17-12-14(16(20)18-10-4-5-11-18)15(19)9-8-13-6-2-1-3-7-13/h1-3,6-7,14H,4-5,8-11H2. The number of hydrogen-bond acceptors (Lipinski definition) is 3.